The van der Waals surface area contributed by atoms with Gasteiger partial charge in [-0.05, 0) is 41.8 Å². The molecule has 0 aliphatic carbocycles. The zero-order chi connectivity index (χ0) is 18.1. The number of hydrogen-bond donors (Lipinski definition) is 1. The van der Waals surface area contributed by atoms with Gasteiger partial charge in [0.15, 0.2) is 0 Å². The highest BCUT2D eigenvalue weighted by atomic mass is 35.5. The minimum atomic E-state index is -0.0779. The van der Waals surface area contributed by atoms with Crippen LogP contribution in [-0.2, 0) is 22.6 Å². The van der Waals surface area contributed by atoms with E-state index in [1.165, 1.54) is 6.92 Å². The van der Waals surface area contributed by atoms with Crippen molar-refractivity contribution in [3.8, 4) is 0 Å². The Morgan fingerprint density at radius 3 is 2.56 bits per heavy atom. The van der Waals surface area contributed by atoms with Crippen molar-refractivity contribution < 1.29 is 9.59 Å². The van der Waals surface area contributed by atoms with E-state index in [-0.39, 0.29) is 18.2 Å². The molecule has 2 rings (SSSR count). The summed E-state index contributed by atoms with van der Waals surface area (Å²) in [7, 11) is 0. The molecule has 0 radical (unpaired) electrons. The fourth-order valence-corrected chi connectivity index (χ4v) is 2.62. The molecule has 1 aromatic heterocycles. The maximum atomic E-state index is 12.0. The van der Waals surface area contributed by atoms with E-state index in [9.17, 15) is 9.59 Å². The van der Waals surface area contributed by atoms with Crippen LogP contribution in [0.15, 0.2) is 48.8 Å². The fourth-order valence-electron chi connectivity index (χ4n) is 2.41. The highest BCUT2D eigenvalue weighted by Gasteiger charge is 2.11. The van der Waals surface area contributed by atoms with Gasteiger partial charge < -0.3 is 10.2 Å². The lowest BCUT2D eigenvalue weighted by atomic mass is 10.1. The minimum Gasteiger partial charge on any atom is -0.352 e. The van der Waals surface area contributed by atoms with E-state index < -0.39 is 0 Å². The summed E-state index contributed by atoms with van der Waals surface area (Å²) < 4.78 is 0. The van der Waals surface area contributed by atoms with E-state index in [2.05, 4.69) is 10.3 Å². The third-order valence-electron chi connectivity index (χ3n) is 3.85. The summed E-state index contributed by atoms with van der Waals surface area (Å²) >= 11 is 5.97. The Kier molecular flexibility index (Phi) is 7.41. The van der Waals surface area contributed by atoms with Gasteiger partial charge in [0.2, 0.25) is 11.8 Å². The molecule has 132 valence electrons. The van der Waals surface area contributed by atoms with Crippen molar-refractivity contribution >= 4 is 23.4 Å². The Bertz CT molecular complexity index is 707. The number of rotatable bonds is 8. The lowest BCUT2D eigenvalue weighted by Gasteiger charge is -2.21. The zero-order valence-corrected chi connectivity index (χ0v) is 15.0. The largest absolute Gasteiger partial charge is 0.352 e. The van der Waals surface area contributed by atoms with E-state index >= 15 is 0 Å². The molecule has 0 atom stereocenters. The van der Waals surface area contributed by atoms with E-state index in [4.69, 9.17) is 11.6 Å². The third-order valence-corrected chi connectivity index (χ3v) is 4.09. The number of pyridine rings is 1. The number of carbonyl (C=O) groups excluding carboxylic acids is 2. The van der Waals surface area contributed by atoms with Gasteiger partial charge in [0.1, 0.15) is 0 Å². The first kappa shape index (κ1) is 18.9. The highest BCUT2D eigenvalue weighted by Crippen LogP contribution is 2.11. The Morgan fingerprint density at radius 1 is 1.12 bits per heavy atom. The summed E-state index contributed by atoms with van der Waals surface area (Å²) in [5.41, 5.74) is 2.06. The van der Waals surface area contributed by atoms with Crippen molar-refractivity contribution in [3.63, 3.8) is 0 Å². The van der Waals surface area contributed by atoms with Crippen LogP contribution in [0.3, 0.4) is 0 Å². The van der Waals surface area contributed by atoms with Gasteiger partial charge in [-0.25, -0.2) is 0 Å². The average Bonchev–Trinajstić information content (AvgIpc) is 2.60. The molecule has 0 aliphatic heterocycles. The maximum Gasteiger partial charge on any atom is 0.222 e. The van der Waals surface area contributed by atoms with Crippen LogP contribution in [0.1, 0.15) is 24.5 Å². The molecule has 2 aromatic rings. The van der Waals surface area contributed by atoms with Gasteiger partial charge in [-0.2, -0.15) is 0 Å². The van der Waals surface area contributed by atoms with Crippen LogP contribution in [-0.4, -0.2) is 34.8 Å². The first-order chi connectivity index (χ1) is 12.0. The van der Waals surface area contributed by atoms with Crippen LogP contribution in [0.25, 0.3) is 0 Å². The van der Waals surface area contributed by atoms with E-state index in [0.717, 1.165) is 11.1 Å². The number of hydrogen-bond acceptors (Lipinski definition) is 3. The summed E-state index contributed by atoms with van der Waals surface area (Å²) in [5, 5.41) is 3.54. The molecule has 0 unspecified atom stereocenters. The van der Waals surface area contributed by atoms with Gasteiger partial charge in [-0.3, -0.25) is 14.6 Å². The summed E-state index contributed by atoms with van der Waals surface area (Å²) in [4.78, 5) is 29.4. The van der Waals surface area contributed by atoms with Crippen LogP contribution in [0.4, 0.5) is 0 Å². The normalized spacial score (nSPS) is 10.3. The molecule has 0 saturated heterocycles. The van der Waals surface area contributed by atoms with Crippen LogP contribution in [0.5, 0.6) is 0 Å². The summed E-state index contributed by atoms with van der Waals surface area (Å²) in [5.74, 6) is -0.116. The Balaban J connectivity index is 1.76. The Labute approximate surface area is 153 Å². The van der Waals surface area contributed by atoms with Crippen molar-refractivity contribution in [2.75, 3.05) is 13.1 Å². The monoisotopic (exact) mass is 359 g/mol. The van der Waals surface area contributed by atoms with Crippen LogP contribution >= 0.6 is 11.6 Å². The quantitative estimate of drug-likeness (QED) is 0.788. The molecule has 0 spiro atoms. The fraction of sp³-hybridized carbons (Fsp3) is 0.316. The number of benzene rings is 1. The Hall–Kier alpha value is -2.40. The van der Waals surface area contributed by atoms with Gasteiger partial charge in [-0.15, -0.1) is 0 Å². The number of halogens is 1. The lowest BCUT2D eigenvalue weighted by Crippen LogP contribution is -2.35. The SMILES string of the molecule is CC(=O)N(CCC(=O)NCc1ccncc1)CCc1cccc(Cl)c1. The number of amides is 2. The minimum absolute atomic E-state index is 0.0380. The smallest absolute Gasteiger partial charge is 0.222 e. The second-order valence-corrected chi connectivity index (χ2v) is 6.20. The summed E-state index contributed by atoms with van der Waals surface area (Å²) in [6.07, 6.45) is 4.36. The van der Waals surface area contributed by atoms with Gasteiger partial charge in [0, 0.05) is 50.4 Å². The highest BCUT2D eigenvalue weighted by molar-refractivity contribution is 6.30. The second kappa shape index (κ2) is 9.79. The van der Waals surface area contributed by atoms with Crippen molar-refractivity contribution in [1.82, 2.24) is 15.2 Å². The number of nitrogens with zero attached hydrogens (tertiary/aromatic N) is 2. The van der Waals surface area contributed by atoms with Crippen molar-refractivity contribution in [1.29, 1.82) is 0 Å². The molecular weight excluding hydrogens is 338 g/mol. The van der Waals surface area contributed by atoms with Gasteiger partial charge in [0.25, 0.3) is 0 Å². The topological polar surface area (TPSA) is 62.3 Å². The van der Waals surface area contributed by atoms with Crippen molar-refractivity contribution in [3.05, 3.63) is 64.9 Å². The molecule has 1 aromatic carbocycles. The lowest BCUT2D eigenvalue weighted by molar-refractivity contribution is -0.129. The number of carbonyl (C=O) groups is 2. The average molecular weight is 360 g/mol. The van der Waals surface area contributed by atoms with Crippen LogP contribution in [0, 0.1) is 0 Å². The zero-order valence-electron chi connectivity index (χ0n) is 14.2. The molecule has 0 bridgehead atoms. The molecule has 6 heteroatoms. The van der Waals surface area contributed by atoms with Crippen LogP contribution < -0.4 is 5.32 Å². The first-order valence-electron chi connectivity index (χ1n) is 8.20. The Morgan fingerprint density at radius 2 is 1.88 bits per heavy atom. The van der Waals surface area contributed by atoms with Gasteiger partial charge >= 0.3 is 0 Å². The van der Waals surface area contributed by atoms with E-state index in [0.29, 0.717) is 31.1 Å². The van der Waals surface area contributed by atoms with Crippen LogP contribution in [0.2, 0.25) is 5.02 Å². The molecule has 1 heterocycles. The second-order valence-electron chi connectivity index (χ2n) is 5.77. The predicted octanol–water partition coefficient (Wildman–Crippen LogP) is 2.83. The molecule has 25 heavy (non-hydrogen) atoms. The molecular formula is C19H22ClN3O2. The van der Waals surface area contributed by atoms with Crippen molar-refractivity contribution in [2.45, 2.75) is 26.3 Å². The van der Waals surface area contributed by atoms with Crippen molar-refractivity contribution in [2.24, 2.45) is 0 Å². The standard InChI is InChI=1S/C19H22ClN3O2/c1-15(24)23(11-7-16-3-2-4-18(20)13-16)12-8-19(25)22-14-17-5-9-21-10-6-17/h2-6,9-10,13H,7-8,11-12,14H2,1H3,(H,22,25). The molecule has 0 saturated carbocycles. The first-order valence-corrected chi connectivity index (χ1v) is 8.58. The maximum absolute atomic E-state index is 12.0. The molecule has 0 fully saturated rings. The molecule has 2 amide bonds. The number of nitrogens with one attached hydrogen (secondary N) is 1. The summed E-state index contributed by atoms with van der Waals surface area (Å²) in [6.45, 7) is 2.95. The van der Waals surface area contributed by atoms with Gasteiger partial charge in [-0.1, -0.05) is 23.7 Å². The van der Waals surface area contributed by atoms with E-state index in [1.807, 2.05) is 36.4 Å². The molecule has 1 N–H and O–H groups in total. The summed E-state index contributed by atoms with van der Waals surface area (Å²) in [6, 6.07) is 11.3. The van der Waals surface area contributed by atoms with E-state index in [1.54, 1.807) is 17.3 Å². The predicted molar refractivity (Wildman–Crippen MR) is 98.1 cm³/mol. The molecule has 5 nitrogen and oxygen atoms in total. The molecule has 0 aliphatic rings. The van der Waals surface area contributed by atoms with Gasteiger partial charge in [0.05, 0.1) is 0 Å². The third kappa shape index (κ3) is 6.93. The number of aromatic nitrogens is 1.